The van der Waals surface area contributed by atoms with Gasteiger partial charge in [0.1, 0.15) is 0 Å². The van der Waals surface area contributed by atoms with Gasteiger partial charge in [0.05, 0.1) is 40.1 Å². The molecule has 0 aliphatic heterocycles. The first-order valence-corrected chi connectivity index (χ1v) is 13.5. The molecule has 29 heavy (non-hydrogen) atoms. The van der Waals surface area contributed by atoms with Crippen molar-refractivity contribution < 1.29 is 22.0 Å². The second kappa shape index (κ2) is 8.94. The Labute approximate surface area is 177 Å². The van der Waals surface area contributed by atoms with Crippen molar-refractivity contribution in [3.63, 3.8) is 0 Å². The highest BCUT2D eigenvalue weighted by Gasteiger charge is 2.74. The molecule has 0 saturated heterocycles. The third kappa shape index (κ3) is 4.21. The minimum absolute atomic E-state index is 0.161. The van der Waals surface area contributed by atoms with Gasteiger partial charge in [0, 0.05) is 9.79 Å². The summed E-state index contributed by atoms with van der Waals surface area (Å²) in [6.45, 7) is 7.67. The van der Waals surface area contributed by atoms with Gasteiger partial charge in [0.2, 0.25) is 0 Å². The Morgan fingerprint density at radius 3 is 1.79 bits per heavy atom. The molecule has 0 heterocycles. The predicted molar refractivity (Wildman–Crippen MR) is 117 cm³/mol. The molecule has 1 aliphatic carbocycles. The Morgan fingerprint density at radius 1 is 0.897 bits per heavy atom. The van der Waals surface area contributed by atoms with Gasteiger partial charge in [-0.25, -0.2) is 0 Å². The molecule has 3 rings (SSSR count). The van der Waals surface area contributed by atoms with E-state index in [2.05, 4.69) is 0 Å². The van der Waals surface area contributed by atoms with Crippen molar-refractivity contribution in [2.24, 2.45) is 0 Å². The van der Waals surface area contributed by atoms with Crippen molar-refractivity contribution >= 4 is 29.2 Å². The molecule has 158 valence electrons. The number of rotatable bonds is 9. The molecule has 0 aromatic heterocycles. The zero-order valence-corrected chi connectivity index (χ0v) is 19.6. The normalized spacial score (nSPS) is 23.5. The van der Waals surface area contributed by atoms with Crippen LogP contribution in [0.2, 0.25) is 0 Å². The molecule has 2 unspecified atom stereocenters. The van der Waals surface area contributed by atoms with Crippen LogP contribution in [0.1, 0.15) is 31.4 Å². The fraction of sp³-hybridized carbons (Fsp3) is 0.429. The molecule has 0 radical (unpaired) electrons. The van der Waals surface area contributed by atoms with Crippen molar-refractivity contribution in [3.05, 3.63) is 59.7 Å². The van der Waals surface area contributed by atoms with Gasteiger partial charge in [-0.3, -0.25) is 13.0 Å². The van der Waals surface area contributed by atoms with E-state index in [4.69, 9.17) is 9.05 Å². The van der Waals surface area contributed by atoms with E-state index in [1.165, 1.54) is 0 Å². The smallest absolute Gasteiger partial charge is 0.308 e. The molecular weight excluding hydrogens is 427 g/mol. The summed E-state index contributed by atoms with van der Waals surface area (Å²) in [6, 6.07) is 14.6. The van der Waals surface area contributed by atoms with Crippen LogP contribution >= 0.6 is 7.60 Å². The molecule has 1 saturated carbocycles. The van der Waals surface area contributed by atoms with Crippen molar-refractivity contribution in [2.75, 3.05) is 13.2 Å². The maximum atomic E-state index is 13.8. The van der Waals surface area contributed by atoms with Crippen LogP contribution in [0.4, 0.5) is 0 Å². The summed E-state index contributed by atoms with van der Waals surface area (Å²) in [5, 5.41) is -0.573. The minimum atomic E-state index is -3.78. The van der Waals surface area contributed by atoms with Crippen LogP contribution < -0.4 is 0 Å². The van der Waals surface area contributed by atoms with Gasteiger partial charge in [0.15, 0.2) is 4.49 Å². The molecule has 0 bridgehead atoms. The number of hydrogen-bond donors (Lipinski definition) is 0. The van der Waals surface area contributed by atoms with Crippen LogP contribution in [-0.2, 0) is 35.2 Å². The summed E-state index contributed by atoms with van der Waals surface area (Å²) >= 11 is 0. The third-order valence-corrected chi connectivity index (χ3v) is 12.7. The van der Waals surface area contributed by atoms with Gasteiger partial charge in [-0.05, 0) is 58.4 Å². The summed E-state index contributed by atoms with van der Waals surface area (Å²) in [6.07, 6.45) is 0.255. The lowest BCUT2D eigenvalue weighted by Gasteiger charge is -2.26. The maximum absolute atomic E-state index is 13.8. The highest BCUT2D eigenvalue weighted by molar-refractivity contribution is 7.98. The Balaban J connectivity index is 2.05. The van der Waals surface area contributed by atoms with Crippen LogP contribution in [0, 0.1) is 13.8 Å². The highest BCUT2D eigenvalue weighted by Crippen LogP contribution is 2.75. The first-order chi connectivity index (χ1) is 13.8. The molecule has 2 aromatic rings. The number of benzene rings is 2. The molecule has 0 spiro atoms. The van der Waals surface area contributed by atoms with Gasteiger partial charge in [-0.2, -0.15) is 0 Å². The van der Waals surface area contributed by atoms with Gasteiger partial charge >= 0.3 is 7.60 Å². The second-order valence-corrected chi connectivity index (χ2v) is 13.0. The van der Waals surface area contributed by atoms with E-state index in [9.17, 15) is 13.0 Å². The fourth-order valence-electron chi connectivity index (χ4n) is 3.33. The summed E-state index contributed by atoms with van der Waals surface area (Å²) in [5.74, 6) is 0. The first kappa shape index (κ1) is 22.6. The van der Waals surface area contributed by atoms with E-state index in [-0.39, 0.29) is 19.6 Å². The molecule has 5 nitrogen and oxygen atoms in total. The summed E-state index contributed by atoms with van der Waals surface area (Å²) in [7, 11) is -6.96. The average Bonchev–Trinajstić information content (AvgIpc) is 3.46. The molecule has 1 aliphatic rings. The predicted octanol–water partition coefficient (Wildman–Crippen LogP) is 4.95. The fourth-order valence-corrected chi connectivity index (χ4v) is 11.0. The molecule has 4 atom stereocenters. The Hall–Kier alpha value is -1.11. The number of hydrogen-bond acceptors (Lipinski definition) is 5. The summed E-state index contributed by atoms with van der Waals surface area (Å²) < 4.78 is 50.7. The maximum Gasteiger partial charge on any atom is 0.350 e. The zero-order chi connectivity index (χ0) is 21.2. The summed E-state index contributed by atoms with van der Waals surface area (Å²) in [5.41, 5.74) is 2.10. The lowest BCUT2D eigenvalue weighted by atomic mass is 10.2. The molecule has 0 N–H and O–H groups in total. The Bertz CT molecular complexity index is 948. The zero-order valence-electron chi connectivity index (χ0n) is 17.1. The van der Waals surface area contributed by atoms with E-state index < -0.39 is 38.9 Å². The van der Waals surface area contributed by atoms with Gasteiger partial charge < -0.3 is 9.05 Å². The monoisotopic (exact) mass is 454 g/mol. The van der Waals surface area contributed by atoms with Crippen LogP contribution in [0.15, 0.2) is 58.3 Å². The van der Waals surface area contributed by atoms with E-state index in [0.29, 0.717) is 9.79 Å². The van der Waals surface area contributed by atoms with Crippen molar-refractivity contribution in [3.8, 4) is 0 Å². The topological polar surface area (TPSA) is 69.7 Å². The van der Waals surface area contributed by atoms with Crippen molar-refractivity contribution in [1.82, 2.24) is 0 Å². The standard InChI is InChI=1S/C21H27O5PS2/c1-5-25-27(22,26-6-2)21(29(24)19-13-9-17(4)10-14-19)15-20(21)28(23)18-11-7-16(3)8-12-18/h7-14,20H,5-6,15H2,1-4H3/t20-,21-,28?,29?/m0/s1. The average molecular weight is 455 g/mol. The van der Waals surface area contributed by atoms with E-state index in [1.54, 1.807) is 38.1 Å². The Morgan fingerprint density at radius 2 is 1.34 bits per heavy atom. The van der Waals surface area contributed by atoms with Crippen LogP contribution in [0.25, 0.3) is 0 Å². The van der Waals surface area contributed by atoms with Crippen LogP contribution in [0.3, 0.4) is 0 Å². The number of aryl methyl sites for hydroxylation is 2. The summed E-state index contributed by atoms with van der Waals surface area (Å²) in [4.78, 5) is 1.17. The van der Waals surface area contributed by atoms with E-state index in [1.807, 2.05) is 38.1 Å². The Kier molecular flexibility index (Phi) is 6.96. The van der Waals surface area contributed by atoms with Crippen molar-refractivity contribution in [1.29, 1.82) is 0 Å². The largest absolute Gasteiger partial charge is 0.350 e. The quantitative estimate of drug-likeness (QED) is 0.501. The van der Waals surface area contributed by atoms with E-state index >= 15 is 0 Å². The molecule has 0 amide bonds. The first-order valence-electron chi connectivity index (χ1n) is 9.64. The lowest BCUT2D eigenvalue weighted by molar-refractivity contribution is 0.216. The lowest BCUT2D eigenvalue weighted by Crippen LogP contribution is -2.27. The van der Waals surface area contributed by atoms with Crippen LogP contribution in [0.5, 0.6) is 0 Å². The van der Waals surface area contributed by atoms with Gasteiger partial charge in [-0.1, -0.05) is 35.4 Å². The molecule has 8 heteroatoms. The molecule has 2 aromatic carbocycles. The van der Waals surface area contributed by atoms with E-state index in [0.717, 1.165) is 11.1 Å². The van der Waals surface area contributed by atoms with Gasteiger partial charge in [-0.15, -0.1) is 0 Å². The SMILES string of the molecule is CCOP(=O)(OCC)[C@]1(S(=O)c2ccc(C)cc2)C[C@@H]1S(=O)c1ccc(C)cc1. The highest BCUT2D eigenvalue weighted by atomic mass is 32.2. The minimum Gasteiger partial charge on any atom is -0.308 e. The molecule has 1 fully saturated rings. The second-order valence-electron chi connectivity index (χ2n) is 7.06. The van der Waals surface area contributed by atoms with Gasteiger partial charge in [0.25, 0.3) is 0 Å². The van der Waals surface area contributed by atoms with Crippen LogP contribution in [-0.4, -0.2) is 31.4 Å². The van der Waals surface area contributed by atoms with Crippen molar-refractivity contribution in [2.45, 2.75) is 53.6 Å². The third-order valence-electron chi connectivity index (χ3n) is 4.95. The molecular formula is C21H27O5PS2.